The summed E-state index contributed by atoms with van der Waals surface area (Å²) in [5.74, 6) is 1.73. The van der Waals surface area contributed by atoms with E-state index in [1.807, 2.05) is 6.07 Å². The molecule has 1 aliphatic rings. The van der Waals surface area contributed by atoms with Crippen LogP contribution in [0.5, 0.6) is 23.0 Å². The lowest BCUT2D eigenvalue weighted by atomic mass is 9.99. The molecule has 0 bridgehead atoms. The van der Waals surface area contributed by atoms with E-state index in [-0.39, 0.29) is 11.5 Å². The molecular formula is C13H10O3. The van der Waals surface area contributed by atoms with E-state index in [2.05, 4.69) is 0 Å². The highest BCUT2D eigenvalue weighted by Gasteiger charge is 2.19. The number of fused-ring (bicyclic) bond motifs is 2. The number of phenolic OH excluding ortho intramolecular Hbond substituents is 2. The van der Waals surface area contributed by atoms with Crippen LogP contribution in [0.2, 0.25) is 0 Å². The van der Waals surface area contributed by atoms with Crippen LogP contribution in [0.15, 0.2) is 36.4 Å². The van der Waals surface area contributed by atoms with Crippen molar-refractivity contribution in [2.45, 2.75) is 6.42 Å². The maximum Gasteiger partial charge on any atom is 0.134 e. The lowest BCUT2D eigenvalue weighted by molar-refractivity contribution is 0.425. The molecule has 0 aliphatic carbocycles. The lowest BCUT2D eigenvalue weighted by Crippen LogP contribution is -2.02. The molecule has 0 unspecified atom stereocenters. The Labute approximate surface area is 92.5 Å². The van der Waals surface area contributed by atoms with Gasteiger partial charge in [-0.1, -0.05) is 12.1 Å². The van der Waals surface area contributed by atoms with Gasteiger partial charge in [-0.3, -0.25) is 0 Å². The van der Waals surface area contributed by atoms with Gasteiger partial charge in [-0.25, -0.2) is 0 Å². The molecule has 1 aliphatic heterocycles. The van der Waals surface area contributed by atoms with Crippen molar-refractivity contribution in [1.82, 2.24) is 0 Å². The summed E-state index contributed by atoms with van der Waals surface area (Å²) in [5, 5.41) is 19.1. The zero-order valence-corrected chi connectivity index (χ0v) is 8.47. The van der Waals surface area contributed by atoms with Crippen molar-refractivity contribution >= 4 is 0 Å². The highest BCUT2D eigenvalue weighted by Crippen LogP contribution is 2.41. The molecule has 2 aromatic rings. The van der Waals surface area contributed by atoms with Crippen molar-refractivity contribution in [2.75, 3.05) is 0 Å². The number of rotatable bonds is 0. The van der Waals surface area contributed by atoms with Crippen molar-refractivity contribution in [3.05, 3.63) is 47.5 Å². The Morgan fingerprint density at radius 3 is 2.75 bits per heavy atom. The SMILES string of the molecule is Oc1ccc2c(c1)Oc1cccc(O)c1C2. The van der Waals surface area contributed by atoms with Gasteiger partial charge in [0.1, 0.15) is 23.0 Å². The number of hydrogen-bond acceptors (Lipinski definition) is 3. The fourth-order valence-corrected chi connectivity index (χ4v) is 1.92. The molecular weight excluding hydrogens is 204 g/mol. The van der Waals surface area contributed by atoms with Gasteiger partial charge in [0.2, 0.25) is 0 Å². The molecule has 16 heavy (non-hydrogen) atoms. The summed E-state index contributed by atoms with van der Waals surface area (Å²) in [6, 6.07) is 10.2. The minimum Gasteiger partial charge on any atom is -0.508 e. The van der Waals surface area contributed by atoms with E-state index >= 15 is 0 Å². The van der Waals surface area contributed by atoms with Crippen LogP contribution in [-0.2, 0) is 6.42 Å². The zero-order valence-electron chi connectivity index (χ0n) is 8.47. The second-order valence-corrected chi connectivity index (χ2v) is 3.82. The Hall–Kier alpha value is -2.16. The Balaban J connectivity index is 2.13. The van der Waals surface area contributed by atoms with Crippen LogP contribution in [0, 0.1) is 0 Å². The predicted molar refractivity (Wildman–Crippen MR) is 59.1 cm³/mol. The molecule has 3 rings (SSSR count). The van der Waals surface area contributed by atoms with Crippen LogP contribution >= 0.6 is 0 Å². The first-order valence-corrected chi connectivity index (χ1v) is 5.04. The predicted octanol–water partition coefficient (Wildman–Crippen LogP) is 2.79. The average molecular weight is 214 g/mol. The molecule has 1 heterocycles. The van der Waals surface area contributed by atoms with Crippen molar-refractivity contribution in [1.29, 1.82) is 0 Å². The van der Waals surface area contributed by atoms with Crippen LogP contribution < -0.4 is 4.74 Å². The Bertz CT molecular complexity index is 561. The molecule has 0 radical (unpaired) electrons. The Morgan fingerprint density at radius 1 is 1.00 bits per heavy atom. The molecule has 0 aromatic heterocycles. The monoisotopic (exact) mass is 214 g/mol. The first-order valence-electron chi connectivity index (χ1n) is 5.04. The highest BCUT2D eigenvalue weighted by molar-refractivity contribution is 5.55. The second-order valence-electron chi connectivity index (χ2n) is 3.82. The van der Waals surface area contributed by atoms with E-state index < -0.39 is 0 Å². The molecule has 0 spiro atoms. The molecule has 0 fully saturated rings. The fourth-order valence-electron chi connectivity index (χ4n) is 1.92. The van der Waals surface area contributed by atoms with Gasteiger partial charge in [-0.2, -0.15) is 0 Å². The van der Waals surface area contributed by atoms with E-state index in [4.69, 9.17) is 4.74 Å². The first-order chi connectivity index (χ1) is 7.74. The molecule has 0 saturated carbocycles. The van der Waals surface area contributed by atoms with Crippen LogP contribution in [-0.4, -0.2) is 10.2 Å². The van der Waals surface area contributed by atoms with E-state index in [1.54, 1.807) is 30.3 Å². The van der Waals surface area contributed by atoms with E-state index in [0.717, 1.165) is 11.1 Å². The summed E-state index contributed by atoms with van der Waals surface area (Å²) >= 11 is 0. The maximum absolute atomic E-state index is 9.71. The third kappa shape index (κ3) is 1.29. The summed E-state index contributed by atoms with van der Waals surface area (Å²) < 4.78 is 5.62. The molecule has 2 aromatic carbocycles. The number of benzene rings is 2. The lowest BCUT2D eigenvalue weighted by Gasteiger charge is -2.20. The molecule has 80 valence electrons. The van der Waals surface area contributed by atoms with Gasteiger partial charge >= 0.3 is 0 Å². The Morgan fingerprint density at radius 2 is 1.88 bits per heavy atom. The molecule has 3 nitrogen and oxygen atoms in total. The molecule has 3 heteroatoms. The largest absolute Gasteiger partial charge is 0.508 e. The van der Waals surface area contributed by atoms with Gasteiger partial charge in [-0.05, 0) is 23.8 Å². The van der Waals surface area contributed by atoms with Crippen molar-refractivity contribution in [3.63, 3.8) is 0 Å². The summed E-state index contributed by atoms with van der Waals surface area (Å²) in [5.41, 5.74) is 1.76. The van der Waals surface area contributed by atoms with Crippen LogP contribution in [0.1, 0.15) is 11.1 Å². The third-order valence-corrected chi connectivity index (χ3v) is 2.75. The van der Waals surface area contributed by atoms with Gasteiger partial charge in [0.25, 0.3) is 0 Å². The molecule has 2 N–H and O–H groups in total. The smallest absolute Gasteiger partial charge is 0.134 e. The van der Waals surface area contributed by atoms with E-state index in [9.17, 15) is 10.2 Å². The summed E-state index contributed by atoms with van der Waals surface area (Å²) in [6.45, 7) is 0. The molecule has 0 atom stereocenters. The molecule has 0 saturated heterocycles. The highest BCUT2D eigenvalue weighted by atomic mass is 16.5. The van der Waals surface area contributed by atoms with Gasteiger partial charge in [0, 0.05) is 18.1 Å². The van der Waals surface area contributed by atoms with Crippen molar-refractivity contribution in [3.8, 4) is 23.0 Å². The zero-order chi connectivity index (χ0) is 11.1. The van der Waals surface area contributed by atoms with Crippen LogP contribution in [0.3, 0.4) is 0 Å². The molecule has 0 amide bonds. The summed E-state index contributed by atoms with van der Waals surface area (Å²) in [4.78, 5) is 0. The Kier molecular flexibility index (Phi) is 1.80. The quantitative estimate of drug-likeness (QED) is 0.605. The van der Waals surface area contributed by atoms with E-state index in [0.29, 0.717) is 17.9 Å². The summed E-state index contributed by atoms with van der Waals surface area (Å²) in [6.07, 6.45) is 0.623. The van der Waals surface area contributed by atoms with Crippen LogP contribution in [0.25, 0.3) is 0 Å². The second kappa shape index (κ2) is 3.17. The van der Waals surface area contributed by atoms with Gasteiger partial charge in [0.15, 0.2) is 0 Å². The number of hydrogen-bond donors (Lipinski definition) is 2. The number of ether oxygens (including phenoxy) is 1. The van der Waals surface area contributed by atoms with Gasteiger partial charge in [-0.15, -0.1) is 0 Å². The topological polar surface area (TPSA) is 49.7 Å². The third-order valence-electron chi connectivity index (χ3n) is 2.75. The number of aromatic hydroxyl groups is 2. The summed E-state index contributed by atoms with van der Waals surface area (Å²) in [7, 11) is 0. The standard InChI is InChI=1S/C13H10O3/c14-9-5-4-8-6-10-11(15)2-1-3-12(10)16-13(8)7-9/h1-5,7,14-15H,6H2. The minimum atomic E-state index is 0.183. The normalized spacial score (nSPS) is 12.5. The van der Waals surface area contributed by atoms with Crippen molar-refractivity contribution < 1.29 is 14.9 Å². The minimum absolute atomic E-state index is 0.183. The fraction of sp³-hybridized carbons (Fsp3) is 0.0769. The van der Waals surface area contributed by atoms with Gasteiger partial charge < -0.3 is 14.9 Å². The average Bonchev–Trinajstić information content (AvgIpc) is 2.27. The van der Waals surface area contributed by atoms with Crippen LogP contribution in [0.4, 0.5) is 0 Å². The van der Waals surface area contributed by atoms with E-state index in [1.165, 1.54) is 0 Å². The van der Waals surface area contributed by atoms with Crippen molar-refractivity contribution in [2.24, 2.45) is 0 Å². The van der Waals surface area contributed by atoms with Gasteiger partial charge in [0.05, 0.1) is 0 Å². The number of phenols is 2. The first kappa shape index (κ1) is 9.09. The maximum atomic E-state index is 9.71.